The van der Waals surface area contributed by atoms with Crippen LogP contribution in [0.3, 0.4) is 0 Å². The van der Waals surface area contributed by atoms with Gasteiger partial charge in [0.25, 0.3) is 0 Å². The lowest BCUT2D eigenvalue weighted by Crippen LogP contribution is -2.26. The summed E-state index contributed by atoms with van der Waals surface area (Å²) in [6.45, 7) is 1.72. The third-order valence-electron chi connectivity index (χ3n) is 2.80. The van der Waals surface area contributed by atoms with E-state index in [1.807, 2.05) is 0 Å². The van der Waals surface area contributed by atoms with E-state index in [4.69, 9.17) is 11.6 Å². The minimum Gasteiger partial charge on any atom is -0.207 e. The van der Waals surface area contributed by atoms with Crippen LogP contribution < -0.4 is 4.72 Å². The normalized spacial score (nSPS) is 13.2. The molecule has 0 saturated carbocycles. The molecular formula is C14H13ClFNO2S. The van der Waals surface area contributed by atoms with Crippen LogP contribution in [0.5, 0.6) is 0 Å². The van der Waals surface area contributed by atoms with Gasteiger partial charge in [-0.25, -0.2) is 17.5 Å². The summed E-state index contributed by atoms with van der Waals surface area (Å²) in [5.41, 5.74) is 0.753. The predicted molar refractivity (Wildman–Crippen MR) is 76.6 cm³/mol. The first-order valence-electron chi connectivity index (χ1n) is 5.92. The summed E-state index contributed by atoms with van der Waals surface area (Å²) >= 11 is 5.88. The molecule has 0 saturated heterocycles. The van der Waals surface area contributed by atoms with Crippen LogP contribution in [0.25, 0.3) is 0 Å². The molecule has 2 rings (SSSR count). The number of benzene rings is 2. The van der Waals surface area contributed by atoms with E-state index in [1.54, 1.807) is 31.2 Å². The molecule has 0 aliphatic heterocycles. The van der Waals surface area contributed by atoms with Crippen LogP contribution in [-0.4, -0.2) is 8.42 Å². The largest absolute Gasteiger partial charge is 0.241 e. The lowest BCUT2D eigenvalue weighted by Gasteiger charge is -2.15. The van der Waals surface area contributed by atoms with E-state index in [1.165, 1.54) is 12.1 Å². The number of rotatable bonds is 4. The molecule has 1 atom stereocenters. The summed E-state index contributed by atoms with van der Waals surface area (Å²) in [5.74, 6) is -0.480. The first-order chi connectivity index (χ1) is 9.38. The minimum atomic E-state index is -3.70. The average molecular weight is 314 g/mol. The molecule has 0 unspecified atom stereocenters. The van der Waals surface area contributed by atoms with Crippen LogP contribution in [0.15, 0.2) is 53.4 Å². The van der Waals surface area contributed by atoms with Gasteiger partial charge in [0.15, 0.2) is 0 Å². The van der Waals surface area contributed by atoms with Crippen molar-refractivity contribution in [1.82, 2.24) is 4.72 Å². The fourth-order valence-corrected chi connectivity index (χ4v) is 3.19. The summed E-state index contributed by atoms with van der Waals surface area (Å²) in [5, 5.41) is 0.537. The monoisotopic (exact) mass is 313 g/mol. The molecule has 106 valence electrons. The molecule has 3 nitrogen and oxygen atoms in total. The Kier molecular flexibility index (Phi) is 4.42. The zero-order chi connectivity index (χ0) is 14.8. The van der Waals surface area contributed by atoms with Crippen LogP contribution in [-0.2, 0) is 10.0 Å². The molecule has 0 heterocycles. The summed E-state index contributed by atoms with van der Waals surface area (Å²) in [6.07, 6.45) is 0. The summed E-state index contributed by atoms with van der Waals surface area (Å²) in [6, 6.07) is 11.2. The predicted octanol–water partition coefficient (Wildman–Crippen LogP) is 3.52. The van der Waals surface area contributed by atoms with Gasteiger partial charge in [-0.15, -0.1) is 0 Å². The third-order valence-corrected chi connectivity index (χ3v) is 4.60. The zero-order valence-corrected chi connectivity index (χ0v) is 12.2. The van der Waals surface area contributed by atoms with E-state index >= 15 is 0 Å². The highest BCUT2D eigenvalue weighted by molar-refractivity contribution is 7.89. The summed E-state index contributed by atoms with van der Waals surface area (Å²) in [4.78, 5) is 0.0211. The van der Waals surface area contributed by atoms with Crippen molar-refractivity contribution in [1.29, 1.82) is 0 Å². The van der Waals surface area contributed by atoms with Crippen molar-refractivity contribution in [3.05, 3.63) is 64.9 Å². The standard InChI is InChI=1S/C14H13ClFNO2S/c1-10(11-3-2-4-12(15)9-11)17-20(18,19)14-7-5-13(16)6-8-14/h2-10,17H,1H3/t10-/m1/s1. The Morgan fingerprint density at radius 2 is 1.80 bits per heavy atom. The lowest BCUT2D eigenvalue weighted by molar-refractivity contribution is 0.566. The Morgan fingerprint density at radius 3 is 2.40 bits per heavy atom. The van der Waals surface area contributed by atoms with Crippen molar-refractivity contribution in [2.24, 2.45) is 0 Å². The Bertz CT molecular complexity index is 701. The number of sulfonamides is 1. The van der Waals surface area contributed by atoms with Gasteiger partial charge in [0.05, 0.1) is 4.90 Å². The van der Waals surface area contributed by atoms with E-state index in [-0.39, 0.29) is 4.90 Å². The van der Waals surface area contributed by atoms with Gasteiger partial charge in [0.2, 0.25) is 10.0 Å². The van der Waals surface area contributed by atoms with Gasteiger partial charge >= 0.3 is 0 Å². The molecule has 0 radical (unpaired) electrons. The molecule has 0 fully saturated rings. The van der Waals surface area contributed by atoms with Crippen LogP contribution in [0.2, 0.25) is 5.02 Å². The van der Waals surface area contributed by atoms with Crippen LogP contribution in [0, 0.1) is 5.82 Å². The molecule has 2 aromatic carbocycles. The maximum Gasteiger partial charge on any atom is 0.241 e. The second-order valence-electron chi connectivity index (χ2n) is 4.35. The van der Waals surface area contributed by atoms with E-state index in [2.05, 4.69) is 4.72 Å². The van der Waals surface area contributed by atoms with Gasteiger partial charge in [-0.05, 0) is 48.9 Å². The summed E-state index contributed by atoms with van der Waals surface area (Å²) in [7, 11) is -3.70. The SMILES string of the molecule is C[C@@H](NS(=O)(=O)c1ccc(F)cc1)c1cccc(Cl)c1. The molecule has 0 bridgehead atoms. The van der Waals surface area contributed by atoms with Crippen molar-refractivity contribution >= 4 is 21.6 Å². The number of halogens is 2. The second kappa shape index (κ2) is 5.91. The van der Waals surface area contributed by atoms with E-state index in [0.29, 0.717) is 5.02 Å². The topological polar surface area (TPSA) is 46.2 Å². The molecule has 0 aliphatic carbocycles. The second-order valence-corrected chi connectivity index (χ2v) is 6.50. The Labute approximate surface area is 122 Å². The third kappa shape index (κ3) is 3.56. The molecule has 20 heavy (non-hydrogen) atoms. The van der Waals surface area contributed by atoms with Crippen molar-refractivity contribution in [3.63, 3.8) is 0 Å². The molecular weight excluding hydrogens is 301 g/mol. The Hall–Kier alpha value is -1.43. The van der Waals surface area contributed by atoms with Crippen molar-refractivity contribution in [2.45, 2.75) is 17.9 Å². The highest BCUT2D eigenvalue weighted by atomic mass is 35.5. The van der Waals surface area contributed by atoms with Crippen molar-refractivity contribution in [2.75, 3.05) is 0 Å². The van der Waals surface area contributed by atoms with Gasteiger partial charge in [-0.1, -0.05) is 23.7 Å². The molecule has 0 spiro atoms. The van der Waals surface area contributed by atoms with Crippen molar-refractivity contribution in [3.8, 4) is 0 Å². The van der Waals surface area contributed by atoms with Crippen LogP contribution >= 0.6 is 11.6 Å². The fraction of sp³-hybridized carbons (Fsp3) is 0.143. The highest BCUT2D eigenvalue weighted by Gasteiger charge is 2.18. The fourth-order valence-electron chi connectivity index (χ4n) is 1.76. The van der Waals surface area contributed by atoms with Crippen molar-refractivity contribution < 1.29 is 12.8 Å². The number of hydrogen-bond acceptors (Lipinski definition) is 2. The Morgan fingerprint density at radius 1 is 1.15 bits per heavy atom. The van der Waals surface area contributed by atoms with Gasteiger partial charge in [0, 0.05) is 11.1 Å². The quantitative estimate of drug-likeness (QED) is 0.938. The molecule has 6 heteroatoms. The first kappa shape index (κ1) is 15.0. The smallest absolute Gasteiger partial charge is 0.207 e. The molecule has 0 aromatic heterocycles. The van der Waals surface area contributed by atoms with Gasteiger partial charge in [-0.3, -0.25) is 0 Å². The number of nitrogens with one attached hydrogen (secondary N) is 1. The minimum absolute atomic E-state index is 0.0211. The first-order valence-corrected chi connectivity index (χ1v) is 7.78. The lowest BCUT2D eigenvalue weighted by atomic mass is 10.1. The summed E-state index contributed by atoms with van der Waals surface area (Å²) < 4.78 is 39.6. The van der Waals surface area contributed by atoms with Crippen LogP contribution in [0.4, 0.5) is 4.39 Å². The molecule has 0 aliphatic rings. The van der Waals surface area contributed by atoms with Gasteiger partial charge < -0.3 is 0 Å². The molecule has 1 N–H and O–H groups in total. The number of hydrogen-bond donors (Lipinski definition) is 1. The van der Waals surface area contributed by atoms with E-state index in [9.17, 15) is 12.8 Å². The van der Waals surface area contributed by atoms with Crippen LogP contribution in [0.1, 0.15) is 18.5 Å². The maximum absolute atomic E-state index is 12.8. The highest BCUT2D eigenvalue weighted by Crippen LogP contribution is 2.20. The Balaban J connectivity index is 2.22. The molecule has 2 aromatic rings. The maximum atomic E-state index is 12.8. The van der Waals surface area contributed by atoms with Gasteiger partial charge in [-0.2, -0.15) is 0 Å². The van der Waals surface area contributed by atoms with E-state index in [0.717, 1.165) is 17.7 Å². The van der Waals surface area contributed by atoms with E-state index < -0.39 is 21.9 Å². The van der Waals surface area contributed by atoms with Gasteiger partial charge in [0.1, 0.15) is 5.82 Å². The molecule has 0 amide bonds. The zero-order valence-electron chi connectivity index (χ0n) is 10.7. The average Bonchev–Trinajstić information content (AvgIpc) is 2.38.